The maximum absolute atomic E-state index is 9.72. The van der Waals surface area contributed by atoms with Crippen molar-refractivity contribution >= 4 is 0 Å². The Morgan fingerprint density at radius 3 is 2.40 bits per heavy atom. The Hall–Kier alpha value is -0.860. The fourth-order valence-corrected chi connectivity index (χ4v) is 1.97. The number of rotatable bonds is 2. The van der Waals surface area contributed by atoms with E-state index in [1.165, 1.54) is 5.56 Å². The summed E-state index contributed by atoms with van der Waals surface area (Å²) in [6, 6.07) is 10.5. The summed E-state index contributed by atoms with van der Waals surface area (Å²) >= 11 is 0. The van der Waals surface area contributed by atoms with E-state index < -0.39 is 5.60 Å². The minimum absolute atomic E-state index is 0.687. The Morgan fingerprint density at radius 1 is 1.20 bits per heavy atom. The first kappa shape index (κ1) is 10.7. The average Bonchev–Trinajstić information content (AvgIpc) is 2.23. The zero-order valence-electron chi connectivity index (χ0n) is 9.02. The number of likely N-dealkylation sites (tertiary alicyclic amines) is 1. The van der Waals surface area contributed by atoms with Crippen molar-refractivity contribution in [2.75, 3.05) is 13.1 Å². The van der Waals surface area contributed by atoms with Crippen molar-refractivity contribution in [3.05, 3.63) is 42.8 Å². The van der Waals surface area contributed by atoms with Crippen molar-refractivity contribution < 1.29 is 5.11 Å². The molecular formula is C13H18NO. The van der Waals surface area contributed by atoms with Gasteiger partial charge in [0, 0.05) is 19.6 Å². The van der Waals surface area contributed by atoms with Crippen LogP contribution in [0.4, 0.5) is 0 Å². The highest BCUT2D eigenvalue weighted by Gasteiger charge is 2.27. The van der Waals surface area contributed by atoms with Crippen LogP contribution in [0.15, 0.2) is 30.3 Å². The van der Waals surface area contributed by atoms with Gasteiger partial charge in [0.15, 0.2) is 0 Å². The van der Waals surface area contributed by atoms with Crippen LogP contribution in [0.25, 0.3) is 0 Å². The summed E-state index contributed by atoms with van der Waals surface area (Å²) in [5.74, 6) is 0. The first-order valence-corrected chi connectivity index (χ1v) is 5.50. The lowest BCUT2D eigenvalue weighted by molar-refractivity contribution is 0.0144. The molecule has 0 saturated carbocycles. The zero-order chi connectivity index (χ0) is 10.7. The number of hydrogen-bond donors (Lipinski definition) is 1. The molecule has 1 aromatic carbocycles. The molecule has 1 radical (unpaired) electrons. The van der Waals surface area contributed by atoms with Gasteiger partial charge < -0.3 is 5.11 Å². The van der Waals surface area contributed by atoms with E-state index in [2.05, 4.69) is 36.1 Å². The maximum Gasteiger partial charge on any atom is 0.0673 e. The van der Waals surface area contributed by atoms with Crippen LogP contribution < -0.4 is 0 Å². The molecule has 81 valence electrons. The van der Waals surface area contributed by atoms with Crippen LogP contribution in [0.5, 0.6) is 0 Å². The quantitative estimate of drug-likeness (QED) is 0.794. The second-order valence-electron chi connectivity index (χ2n) is 4.49. The zero-order valence-corrected chi connectivity index (χ0v) is 9.02. The molecule has 1 aliphatic rings. The lowest BCUT2D eigenvalue weighted by Gasteiger charge is -2.35. The van der Waals surface area contributed by atoms with Gasteiger partial charge in [-0.25, -0.2) is 0 Å². The van der Waals surface area contributed by atoms with Crippen LogP contribution in [0.3, 0.4) is 0 Å². The summed E-state index contributed by atoms with van der Waals surface area (Å²) < 4.78 is 0. The molecule has 0 aliphatic carbocycles. The lowest BCUT2D eigenvalue weighted by Crippen LogP contribution is -2.42. The van der Waals surface area contributed by atoms with Crippen LogP contribution in [0.1, 0.15) is 18.4 Å². The second kappa shape index (κ2) is 4.33. The van der Waals surface area contributed by atoms with E-state index in [1.807, 2.05) is 6.07 Å². The predicted octanol–water partition coefficient (Wildman–Crippen LogP) is 1.85. The summed E-state index contributed by atoms with van der Waals surface area (Å²) in [4.78, 5) is 2.37. The minimum Gasteiger partial charge on any atom is -0.390 e. The SMILES string of the molecule is [CH2]C1(O)CCN(Cc2ccccc2)CC1. The number of benzene rings is 1. The minimum atomic E-state index is -0.687. The van der Waals surface area contributed by atoms with E-state index in [1.54, 1.807) is 0 Å². The van der Waals surface area contributed by atoms with Gasteiger partial charge in [0.25, 0.3) is 0 Å². The molecule has 1 aliphatic heterocycles. The molecule has 2 nitrogen and oxygen atoms in total. The van der Waals surface area contributed by atoms with E-state index in [9.17, 15) is 5.11 Å². The molecule has 0 bridgehead atoms. The highest BCUT2D eigenvalue weighted by atomic mass is 16.3. The molecule has 0 spiro atoms. The Bertz CT molecular complexity index is 298. The second-order valence-corrected chi connectivity index (χ2v) is 4.49. The summed E-state index contributed by atoms with van der Waals surface area (Å²) in [5, 5.41) is 9.72. The molecule has 2 heteroatoms. The van der Waals surface area contributed by atoms with E-state index in [0.717, 1.165) is 32.5 Å². The maximum atomic E-state index is 9.72. The summed E-state index contributed by atoms with van der Waals surface area (Å²) in [6.45, 7) is 6.66. The highest BCUT2D eigenvalue weighted by Crippen LogP contribution is 2.21. The lowest BCUT2D eigenvalue weighted by atomic mass is 9.93. The summed E-state index contributed by atoms with van der Waals surface area (Å²) in [7, 11) is 0. The van der Waals surface area contributed by atoms with E-state index >= 15 is 0 Å². The van der Waals surface area contributed by atoms with Crippen molar-refractivity contribution in [2.24, 2.45) is 0 Å². The molecule has 0 unspecified atom stereocenters. The smallest absolute Gasteiger partial charge is 0.0673 e. The van der Waals surface area contributed by atoms with Crippen molar-refractivity contribution in [3.63, 3.8) is 0 Å². The molecule has 1 heterocycles. The number of piperidine rings is 1. The normalized spacial score (nSPS) is 21.5. The van der Waals surface area contributed by atoms with Crippen LogP contribution in [-0.4, -0.2) is 28.7 Å². The van der Waals surface area contributed by atoms with Gasteiger partial charge in [0.05, 0.1) is 5.60 Å². The van der Waals surface area contributed by atoms with Gasteiger partial charge in [0.1, 0.15) is 0 Å². The van der Waals surface area contributed by atoms with Gasteiger partial charge in [-0.05, 0) is 25.3 Å². The van der Waals surface area contributed by atoms with Crippen LogP contribution in [0.2, 0.25) is 0 Å². The third-order valence-corrected chi connectivity index (χ3v) is 3.04. The molecule has 0 atom stereocenters. The van der Waals surface area contributed by atoms with Crippen LogP contribution >= 0.6 is 0 Å². The summed E-state index contributed by atoms with van der Waals surface area (Å²) in [5.41, 5.74) is 0.653. The van der Waals surface area contributed by atoms with E-state index in [-0.39, 0.29) is 0 Å². The van der Waals surface area contributed by atoms with E-state index in [4.69, 9.17) is 0 Å². The first-order valence-electron chi connectivity index (χ1n) is 5.50. The topological polar surface area (TPSA) is 23.5 Å². The average molecular weight is 204 g/mol. The van der Waals surface area contributed by atoms with Crippen molar-refractivity contribution in [2.45, 2.75) is 25.0 Å². The largest absolute Gasteiger partial charge is 0.390 e. The fraction of sp³-hybridized carbons (Fsp3) is 0.462. The predicted molar refractivity (Wildman–Crippen MR) is 61.3 cm³/mol. The van der Waals surface area contributed by atoms with Gasteiger partial charge in [-0.3, -0.25) is 4.90 Å². The monoisotopic (exact) mass is 204 g/mol. The molecule has 0 amide bonds. The van der Waals surface area contributed by atoms with Gasteiger partial charge >= 0.3 is 0 Å². The number of aliphatic hydroxyl groups is 1. The van der Waals surface area contributed by atoms with Gasteiger partial charge in [0.2, 0.25) is 0 Å². The number of nitrogens with zero attached hydrogens (tertiary/aromatic N) is 1. The molecule has 15 heavy (non-hydrogen) atoms. The molecule has 2 rings (SSSR count). The first-order chi connectivity index (χ1) is 7.16. The van der Waals surface area contributed by atoms with E-state index in [0.29, 0.717) is 0 Å². The molecule has 1 fully saturated rings. The standard InChI is InChI=1S/C13H18NO/c1-13(15)7-9-14(10-8-13)11-12-5-3-2-4-6-12/h2-6,15H,1,7-11H2. The van der Waals surface area contributed by atoms with Gasteiger partial charge in [-0.2, -0.15) is 0 Å². The molecule has 1 N–H and O–H groups in total. The Balaban J connectivity index is 1.88. The van der Waals surface area contributed by atoms with Crippen molar-refractivity contribution in [1.29, 1.82) is 0 Å². The molecule has 1 saturated heterocycles. The van der Waals surface area contributed by atoms with Crippen molar-refractivity contribution in [1.82, 2.24) is 4.90 Å². The number of hydrogen-bond acceptors (Lipinski definition) is 2. The van der Waals surface area contributed by atoms with Crippen LogP contribution in [-0.2, 0) is 6.54 Å². The molecule has 0 aromatic heterocycles. The molecular weight excluding hydrogens is 186 g/mol. The highest BCUT2D eigenvalue weighted by molar-refractivity contribution is 5.14. The Labute approximate surface area is 91.5 Å². The third-order valence-electron chi connectivity index (χ3n) is 3.04. The fourth-order valence-electron chi connectivity index (χ4n) is 1.97. The Morgan fingerprint density at radius 2 is 1.80 bits per heavy atom. The van der Waals surface area contributed by atoms with Crippen molar-refractivity contribution in [3.8, 4) is 0 Å². The Kier molecular flexibility index (Phi) is 3.08. The summed E-state index contributed by atoms with van der Waals surface area (Å²) in [6.07, 6.45) is 1.56. The van der Waals surface area contributed by atoms with Gasteiger partial charge in [-0.15, -0.1) is 0 Å². The van der Waals surface area contributed by atoms with Gasteiger partial charge in [-0.1, -0.05) is 30.3 Å². The van der Waals surface area contributed by atoms with Crippen LogP contribution in [0, 0.1) is 6.92 Å². The third kappa shape index (κ3) is 3.05. The molecule has 1 aromatic rings.